The minimum atomic E-state index is -0.0665. The van der Waals surface area contributed by atoms with Crippen LogP contribution >= 0.6 is 11.6 Å². The van der Waals surface area contributed by atoms with Crippen molar-refractivity contribution >= 4 is 17.5 Å². The van der Waals surface area contributed by atoms with Crippen molar-refractivity contribution in [3.63, 3.8) is 0 Å². The lowest BCUT2D eigenvalue weighted by atomic mass is 10.1. The van der Waals surface area contributed by atoms with Crippen molar-refractivity contribution in [2.75, 3.05) is 27.8 Å². The average Bonchev–Trinajstić information content (AvgIpc) is 3.12. The molecule has 7 heteroatoms. The van der Waals surface area contributed by atoms with Gasteiger partial charge in [0.25, 0.3) is 5.91 Å². The average molecular weight is 414 g/mol. The summed E-state index contributed by atoms with van der Waals surface area (Å²) in [6.45, 7) is 2.46. The zero-order chi connectivity index (χ0) is 21.0. The Hall–Kier alpha value is -2.99. The van der Waals surface area contributed by atoms with E-state index in [9.17, 15) is 4.79 Å². The van der Waals surface area contributed by atoms with Crippen LogP contribution in [0.3, 0.4) is 0 Å². The van der Waals surface area contributed by atoms with Crippen LogP contribution in [0.2, 0.25) is 5.02 Å². The van der Waals surface area contributed by atoms with Crippen LogP contribution in [0.25, 0.3) is 5.69 Å². The van der Waals surface area contributed by atoms with Crippen molar-refractivity contribution < 1.29 is 14.3 Å². The van der Waals surface area contributed by atoms with Crippen molar-refractivity contribution in [3.05, 3.63) is 70.5 Å². The molecule has 152 valence electrons. The van der Waals surface area contributed by atoms with Crippen LogP contribution in [-0.4, -0.2) is 48.4 Å². The number of hydrogen-bond acceptors (Lipinski definition) is 4. The highest BCUT2D eigenvalue weighted by atomic mass is 35.5. The largest absolute Gasteiger partial charge is 0.493 e. The van der Waals surface area contributed by atoms with Crippen LogP contribution in [0.1, 0.15) is 21.6 Å². The zero-order valence-electron chi connectivity index (χ0n) is 17.0. The number of aromatic nitrogens is 2. The monoisotopic (exact) mass is 413 g/mol. The number of nitrogens with zero attached hydrogens (tertiary/aromatic N) is 3. The minimum absolute atomic E-state index is 0.0665. The SMILES string of the molecule is COc1ccc(CCN(C)C(=O)c2cnn(-c3ccc(Cl)cc3)c2C)cc1OC. The van der Waals surface area contributed by atoms with E-state index in [1.54, 1.807) is 49.2 Å². The fourth-order valence-corrected chi connectivity index (χ4v) is 3.23. The van der Waals surface area contributed by atoms with Gasteiger partial charge in [0.2, 0.25) is 0 Å². The Bertz CT molecular complexity index is 999. The van der Waals surface area contributed by atoms with Gasteiger partial charge in [0, 0.05) is 18.6 Å². The van der Waals surface area contributed by atoms with Crippen LogP contribution in [0.15, 0.2) is 48.7 Å². The van der Waals surface area contributed by atoms with E-state index < -0.39 is 0 Å². The van der Waals surface area contributed by atoms with Gasteiger partial charge in [-0.2, -0.15) is 5.10 Å². The van der Waals surface area contributed by atoms with Gasteiger partial charge in [-0.3, -0.25) is 4.79 Å². The van der Waals surface area contributed by atoms with E-state index >= 15 is 0 Å². The molecule has 1 heterocycles. The third-order valence-electron chi connectivity index (χ3n) is 4.84. The molecule has 0 fully saturated rings. The lowest BCUT2D eigenvalue weighted by Gasteiger charge is -2.17. The molecule has 0 aliphatic heterocycles. The number of halogens is 1. The summed E-state index contributed by atoms with van der Waals surface area (Å²) in [6, 6.07) is 13.1. The van der Waals surface area contributed by atoms with Crippen LogP contribution in [0.4, 0.5) is 0 Å². The van der Waals surface area contributed by atoms with Crippen LogP contribution < -0.4 is 9.47 Å². The van der Waals surface area contributed by atoms with Crippen LogP contribution in [-0.2, 0) is 6.42 Å². The molecule has 0 bridgehead atoms. The molecule has 1 aromatic heterocycles. The number of amides is 1. The van der Waals surface area contributed by atoms with E-state index in [2.05, 4.69) is 5.10 Å². The van der Waals surface area contributed by atoms with Crippen molar-refractivity contribution in [1.82, 2.24) is 14.7 Å². The van der Waals surface area contributed by atoms with Gasteiger partial charge in [0.1, 0.15) is 0 Å². The number of ether oxygens (including phenoxy) is 2. The first-order valence-electron chi connectivity index (χ1n) is 9.21. The zero-order valence-corrected chi connectivity index (χ0v) is 17.7. The number of carbonyl (C=O) groups excluding carboxylic acids is 1. The maximum atomic E-state index is 12.9. The van der Waals surface area contributed by atoms with Crippen molar-refractivity contribution in [2.24, 2.45) is 0 Å². The van der Waals surface area contributed by atoms with Gasteiger partial charge >= 0.3 is 0 Å². The topological polar surface area (TPSA) is 56.6 Å². The van der Waals surface area contributed by atoms with Crippen molar-refractivity contribution in [2.45, 2.75) is 13.3 Å². The Morgan fingerprint density at radius 1 is 1.10 bits per heavy atom. The lowest BCUT2D eigenvalue weighted by Crippen LogP contribution is -2.29. The predicted octanol–water partition coefficient (Wildman–Crippen LogP) is 4.17. The Balaban J connectivity index is 1.70. The second-order valence-electron chi connectivity index (χ2n) is 6.70. The smallest absolute Gasteiger partial charge is 0.257 e. The molecule has 1 amide bonds. The van der Waals surface area contributed by atoms with E-state index in [1.165, 1.54) is 0 Å². The molecule has 29 heavy (non-hydrogen) atoms. The van der Waals surface area contributed by atoms with Gasteiger partial charge in [-0.05, 0) is 55.3 Å². The summed E-state index contributed by atoms with van der Waals surface area (Å²) in [4.78, 5) is 14.6. The van der Waals surface area contributed by atoms with Crippen molar-refractivity contribution in [1.29, 1.82) is 0 Å². The fraction of sp³-hybridized carbons (Fsp3) is 0.273. The summed E-state index contributed by atoms with van der Waals surface area (Å²) in [5, 5.41) is 5.03. The van der Waals surface area contributed by atoms with E-state index in [4.69, 9.17) is 21.1 Å². The quantitative estimate of drug-likeness (QED) is 0.583. The van der Waals surface area contributed by atoms with Crippen LogP contribution in [0, 0.1) is 6.92 Å². The first kappa shape index (κ1) is 20.7. The highest BCUT2D eigenvalue weighted by molar-refractivity contribution is 6.30. The van der Waals surface area contributed by atoms with E-state index in [0.29, 0.717) is 35.1 Å². The van der Waals surface area contributed by atoms with Gasteiger partial charge in [0.15, 0.2) is 11.5 Å². The molecule has 0 saturated heterocycles. The number of hydrogen-bond donors (Lipinski definition) is 0. The van der Waals surface area contributed by atoms with E-state index in [1.807, 2.05) is 37.3 Å². The molecule has 2 aromatic carbocycles. The lowest BCUT2D eigenvalue weighted by molar-refractivity contribution is 0.0796. The Kier molecular flexibility index (Phi) is 6.44. The van der Waals surface area contributed by atoms with Crippen LogP contribution in [0.5, 0.6) is 11.5 Å². The molecule has 0 aliphatic rings. The molecule has 0 radical (unpaired) electrons. The third-order valence-corrected chi connectivity index (χ3v) is 5.09. The van der Waals surface area contributed by atoms with Gasteiger partial charge < -0.3 is 14.4 Å². The molecule has 0 saturated carbocycles. The Morgan fingerprint density at radius 2 is 1.79 bits per heavy atom. The molecule has 0 spiro atoms. The fourth-order valence-electron chi connectivity index (χ4n) is 3.10. The van der Waals surface area contributed by atoms with Gasteiger partial charge in [-0.15, -0.1) is 0 Å². The van der Waals surface area contributed by atoms with E-state index in [-0.39, 0.29) is 5.91 Å². The minimum Gasteiger partial charge on any atom is -0.493 e. The maximum absolute atomic E-state index is 12.9. The summed E-state index contributed by atoms with van der Waals surface area (Å²) in [5.41, 5.74) is 3.29. The summed E-state index contributed by atoms with van der Waals surface area (Å²) >= 11 is 5.95. The molecule has 0 atom stereocenters. The highest BCUT2D eigenvalue weighted by Crippen LogP contribution is 2.27. The molecule has 0 aliphatic carbocycles. The predicted molar refractivity (Wildman–Crippen MR) is 114 cm³/mol. The molecule has 3 aromatic rings. The molecular formula is C22H24ClN3O3. The highest BCUT2D eigenvalue weighted by Gasteiger charge is 2.19. The Morgan fingerprint density at radius 3 is 2.45 bits per heavy atom. The summed E-state index contributed by atoms with van der Waals surface area (Å²) in [5.74, 6) is 1.30. The molecular weight excluding hydrogens is 390 g/mol. The number of carbonyl (C=O) groups is 1. The number of rotatable bonds is 7. The van der Waals surface area contributed by atoms with Gasteiger partial charge in [-0.1, -0.05) is 17.7 Å². The van der Waals surface area contributed by atoms with E-state index in [0.717, 1.165) is 16.9 Å². The Labute approximate surface area is 175 Å². The summed E-state index contributed by atoms with van der Waals surface area (Å²) in [6.07, 6.45) is 2.31. The molecule has 0 unspecified atom stereocenters. The van der Waals surface area contributed by atoms with Gasteiger partial charge in [-0.25, -0.2) is 4.68 Å². The second-order valence-corrected chi connectivity index (χ2v) is 7.13. The first-order chi connectivity index (χ1) is 13.9. The summed E-state index contributed by atoms with van der Waals surface area (Å²) in [7, 11) is 5.01. The molecule has 0 N–H and O–H groups in total. The number of benzene rings is 2. The number of likely N-dealkylation sites (N-methyl/N-ethyl adjacent to an activating group) is 1. The molecule has 3 rings (SSSR count). The molecule has 6 nitrogen and oxygen atoms in total. The summed E-state index contributed by atoms with van der Waals surface area (Å²) < 4.78 is 12.4. The third kappa shape index (κ3) is 4.54. The van der Waals surface area contributed by atoms with Crippen molar-refractivity contribution in [3.8, 4) is 17.2 Å². The maximum Gasteiger partial charge on any atom is 0.257 e. The first-order valence-corrected chi connectivity index (χ1v) is 9.59. The standard InChI is InChI=1S/C22H24ClN3O3/c1-15-19(14-24-26(15)18-8-6-17(23)7-9-18)22(27)25(2)12-11-16-5-10-20(28-3)21(13-16)29-4/h5-10,13-14H,11-12H2,1-4H3. The number of methoxy groups -OCH3 is 2. The normalized spacial score (nSPS) is 10.7. The second kappa shape index (κ2) is 9.01. The van der Waals surface area contributed by atoms with Gasteiger partial charge in [0.05, 0.1) is 37.4 Å².